The van der Waals surface area contributed by atoms with E-state index in [0.29, 0.717) is 5.56 Å². The Morgan fingerprint density at radius 1 is 1.13 bits per heavy atom. The van der Waals surface area contributed by atoms with Crippen molar-refractivity contribution >= 4 is 16.1 Å². The third-order valence-corrected chi connectivity index (χ3v) is 4.45. The fourth-order valence-electron chi connectivity index (χ4n) is 1.92. The van der Waals surface area contributed by atoms with Crippen molar-refractivity contribution in [2.24, 2.45) is 0 Å². The number of carbonyl (C=O) groups is 1. The van der Waals surface area contributed by atoms with Crippen molar-refractivity contribution in [2.45, 2.75) is 17.9 Å². The lowest BCUT2D eigenvalue weighted by atomic mass is 10.1. The highest BCUT2D eigenvalue weighted by Gasteiger charge is 2.21. The van der Waals surface area contributed by atoms with Gasteiger partial charge in [0.1, 0.15) is 6.10 Å². The van der Waals surface area contributed by atoms with Gasteiger partial charge in [0, 0.05) is 0 Å². The van der Waals surface area contributed by atoms with Gasteiger partial charge in [-0.05, 0) is 30.7 Å². The molecule has 2 aromatic carbocycles. The Morgan fingerprint density at radius 3 is 2.30 bits per heavy atom. The lowest BCUT2D eigenvalue weighted by molar-refractivity contribution is 0.126. The van der Waals surface area contributed by atoms with E-state index >= 15 is 0 Å². The zero-order valence-electron chi connectivity index (χ0n) is 12.6. The summed E-state index contributed by atoms with van der Waals surface area (Å²) in [4.78, 5) is 11.9. The molecule has 0 heterocycles. The Balaban J connectivity index is 2.09. The average molecular weight is 331 g/mol. The molecule has 0 saturated heterocycles. The van der Waals surface area contributed by atoms with Gasteiger partial charge in [-0.1, -0.05) is 54.6 Å². The first-order valence-electron chi connectivity index (χ1n) is 6.90. The first kappa shape index (κ1) is 16.8. The average Bonchev–Trinajstić information content (AvgIpc) is 2.53. The van der Waals surface area contributed by atoms with E-state index in [-0.39, 0.29) is 4.90 Å². The third-order valence-electron chi connectivity index (χ3n) is 3.13. The SMILES string of the molecule is C=CC(OC(=O)NS(=O)(=O)c1ccc(C)cc1)c1ccccc1. The minimum Gasteiger partial charge on any atom is -0.436 e. The highest BCUT2D eigenvalue weighted by molar-refractivity contribution is 7.90. The number of carbonyl (C=O) groups excluding carboxylic acids is 1. The van der Waals surface area contributed by atoms with Crippen LogP contribution in [0.25, 0.3) is 0 Å². The lowest BCUT2D eigenvalue weighted by Crippen LogP contribution is -2.31. The quantitative estimate of drug-likeness (QED) is 0.853. The van der Waals surface area contributed by atoms with Gasteiger partial charge in [0.15, 0.2) is 0 Å². The van der Waals surface area contributed by atoms with Gasteiger partial charge in [0.2, 0.25) is 0 Å². The Labute approximate surface area is 135 Å². The van der Waals surface area contributed by atoms with Crippen LogP contribution in [0, 0.1) is 6.92 Å². The van der Waals surface area contributed by atoms with E-state index in [4.69, 9.17) is 4.74 Å². The van der Waals surface area contributed by atoms with Gasteiger partial charge in [0.25, 0.3) is 10.0 Å². The van der Waals surface area contributed by atoms with E-state index in [9.17, 15) is 13.2 Å². The van der Waals surface area contributed by atoms with Crippen molar-refractivity contribution in [2.75, 3.05) is 0 Å². The van der Waals surface area contributed by atoms with Crippen LogP contribution >= 0.6 is 0 Å². The summed E-state index contributed by atoms with van der Waals surface area (Å²) >= 11 is 0. The molecule has 0 aliphatic heterocycles. The van der Waals surface area contributed by atoms with E-state index in [1.165, 1.54) is 18.2 Å². The molecule has 0 aliphatic rings. The molecule has 1 N–H and O–H groups in total. The molecule has 0 aromatic heterocycles. The Hall–Kier alpha value is -2.60. The molecule has 1 atom stereocenters. The highest BCUT2D eigenvalue weighted by Crippen LogP contribution is 2.18. The van der Waals surface area contributed by atoms with Crippen LogP contribution < -0.4 is 4.72 Å². The van der Waals surface area contributed by atoms with Gasteiger partial charge in [-0.25, -0.2) is 17.9 Å². The van der Waals surface area contributed by atoms with Gasteiger partial charge >= 0.3 is 6.09 Å². The molecular weight excluding hydrogens is 314 g/mol. The van der Waals surface area contributed by atoms with E-state index in [0.717, 1.165) is 5.56 Å². The van der Waals surface area contributed by atoms with Crippen LogP contribution in [0.3, 0.4) is 0 Å². The maximum atomic E-state index is 12.1. The molecule has 5 nitrogen and oxygen atoms in total. The fraction of sp³-hybridized carbons (Fsp3) is 0.118. The number of amides is 1. The monoisotopic (exact) mass is 331 g/mol. The largest absolute Gasteiger partial charge is 0.436 e. The zero-order valence-corrected chi connectivity index (χ0v) is 13.4. The molecule has 0 fully saturated rings. The number of ether oxygens (including phenoxy) is 1. The van der Waals surface area contributed by atoms with E-state index in [1.54, 1.807) is 36.4 Å². The molecule has 23 heavy (non-hydrogen) atoms. The summed E-state index contributed by atoms with van der Waals surface area (Å²) in [5.74, 6) is 0. The number of rotatable bonds is 5. The predicted octanol–water partition coefficient (Wildman–Crippen LogP) is 3.34. The topological polar surface area (TPSA) is 72.5 Å². The standard InChI is InChI=1S/C17H17NO4S/c1-3-16(14-7-5-4-6-8-14)22-17(19)18-23(20,21)15-11-9-13(2)10-12-15/h3-12,16H,1H2,2H3,(H,18,19). The predicted molar refractivity (Wildman–Crippen MR) is 87.4 cm³/mol. The molecule has 0 aliphatic carbocycles. The van der Waals surface area contributed by atoms with E-state index < -0.39 is 22.2 Å². The zero-order chi connectivity index (χ0) is 16.9. The second-order valence-corrected chi connectivity index (χ2v) is 6.57. The third kappa shape index (κ3) is 4.43. The number of hydrogen-bond donors (Lipinski definition) is 1. The molecule has 6 heteroatoms. The minimum atomic E-state index is -3.97. The van der Waals surface area contributed by atoms with Crippen molar-refractivity contribution in [3.8, 4) is 0 Å². The molecule has 2 aromatic rings. The van der Waals surface area contributed by atoms with Crippen LogP contribution in [-0.4, -0.2) is 14.5 Å². The smallest absolute Gasteiger partial charge is 0.422 e. The maximum absolute atomic E-state index is 12.1. The fourth-order valence-corrected chi connectivity index (χ4v) is 2.80. The first-order valence-corrected chi connectivity index (χ1v) is 8.38. The van der Waals surface area contributed by atoms with Crippen LogP contribution in [-0.2, 0) is 14.8 Å². The lowest BCUT2D eigenvalue weighted by Gasteiger charge is -2.15. The molecule has 0 saturated carbocycles. The van der Waals surface area contributed by atoms with Crippen molar-refractivity contribution in [1.82, 2.24) is 4.72 Å². The molecule has 1 amide bonds. The van der Waals surface area contributed by atoms with Crippen molar-refractivity contribution in [1.29, 1.82) is 0 Å². The summed E-state index contributed by atoms with van der Waals surface area (Å²) in [5.41, 5.74) is 1.62. The summed E-state index contributed by atoms with van der Waals surface area (Å²) < 4.78 is 31.3. The van der Waals surface area contributed by atoms with Crippen molar-refractivity contribution in [3.05, 3.63) is 78.4 Å². The summed E-state index contributed by atoms with van der Waals surface area (Å²) in [6.45, 7) is 5.44. The summed E-state index contributed by atoms with van der Waals surface area (Å²) in [7, 11) is -3.97. The van der Waals surface area contributed by atoms with Crippen molar-refractivity contribution < 1.29 is 17.9 Å². The number of nitrogens with one attached hydrogen (secondary N) is 1. The molecule has 0 spiro atoms. The number of aryl methyl sites for hydroxylation is 1. The molecule has 2 rings (SSSR count). The van der Waals surface area contributed by atoms with Crippen molar-refractivity contribution in [3.63, 3.8) is 0 Å². The normalized spacial score (nSPS) is 12.2. The minimum absolute atomic E-state index is 0.00471. The maximum Gasteiger partial charge on any atom is 0.422 e. The van der Waals surface area contributed by atoms with Crippen LogP contribution in [0.4, 0.5) is 4.79 Å². The van der Waals surface area contributed by atoms with Gasteiger partial charge in [-0.3, -0.25) is 0 Å². The molecule has 0 radical (unpaired) electrons. The van der Waals surface area contributed by atoms with Gasteiger partial charge in [-0.15, -0.1) is 0 Å². The van der Waals surface area contributed by atoms with Gasteiger partial charge < -0.3 is 4.74 Å². The van der Waals surface area contributed by atoms with Crippen LogP contribution in [0.5, 0.6) is 0 Å². The second-order valence-electron chi connectivity index (χ2n) is 4.89. The first-order chi connectivity index (χ1) is 10.9. The molecule has 1 unspecified atom stereocenters. The Bertz CT molecular complexity index is 783. The Morgan fingerprint density at radius 2 is 1.74 bits per heavy atom. The van der Waals surface area contributed by atoms with Gasteiger partial charge in [-0.2, -0.15) is 0 Å². The van der Waals surface area contributed by atoms with Gasteiger partial charge in [0.05, 0.1) is 4.90 Å². The summed E-state index contributed by atoms with van der Waals surface area (Å²) in [6.07, 6.45) is -0.364. The van der Waals surface area contributed by atoms with Crippen LogP contribution in [0.1, 0.15) is 17.2 Å². The number of hydrogen-bond acceptors (Lipinski definition) is 4. The molecule has 120 valence electrons. The van der Waals surface area contributed by atoms with Crippen LogP contribution in [0.15, 0.2) is 72.1 Å². The van der Waals surface area contributed by atoms with E-state index in [1.807, 2.05) is 17.7 Å². The summed E-state index contributed by atoms with van der Waals surface area (Å²) in [6, 6.07) is 15.1. The number of benzene rings is 2. The van der Waals surface area contributed by atoms with E-state index in [2.05, 4.69) is 6.58 Å². The molecule has 0 bridgehead atoms. The van der Waals surface area contributed by atoms with Crippen LogP contribution in [0.2, 0.25) is 0 Å². The second kappa shape index (κ2) is 7.11. The summed E-state index contributed by atoms with van der Waals surface area (Å²) in [5, 5.41) is 0. The molecular formula is C17H17NO4S. The number of sulfonamides is 1. The Kier molecular flexibility index (Phi) is 5.18. The highest BCUT2D eigenvalue weighted by atomic mass is 32.2.